The molecule has 0 bridgehead atoms. The number of aliphatic hydroxyl groups is 5. The van der Waals surface area contributed by atoms with Crippen LogP contribution in [0.3, 0.4) is 0 Å². The summed E-state index contributed by atoms with van der Waals surface area (Å²) in [5, 5.41) is 45.6. The van der Waals surface area contributed by atoms with Gasteiger partial charge in [-0.25, -0.2) is 0 Å². The minimum atomic E-state index is -1.60. The molecule has 13 heavy (non-hydrogen) atoms. The van der Waals surface area contributed by atoms with Gasteiger partial charge < -0.3 is 30.3 Å². The number of aliphatic hydroxyl groups excluding tert-OH is 5. The van der Waals surface area contributed by atoms with Crippen molar-refractivity contribution in [1.82, 2.24) is 0 Å². The molecule has 0 aromatic carbocycles. The van der Waals surface area contributed by atoms with E-state index >= 15 is 0 Å². The number of hydrogen-bond donors (Lipinski definition) is 5. The molecule has 78 valence electrons. The first-order chi connectivity index (χ1) is 5.92. The summed E-state index contributed by atoms with van der Waals surface area (Å²) in [6.07, 6.45) is -6.12. The lowest BCUT2D eigenvalue weighted by molar-refractivity contribution is -0.321. The summed E-state index contributed by atoms with van der Waals surface area (Å²) in [5.74, 6) is 0. The smallest absolute Gasteiger partial charge is 0.184 e. The Kier molecular flexibility index (Phi) is 2.91. The lowest BCUT2D eigenvalue weighted by atomic mass is 9.89. The van der Waals surface area contributed by atoms with Gasteiger partial charge >= 0.3 is 0 Å². The Morgan fingerprint density at radius 3 is 2.15 bits per heavy atom. The molecule has 0 saturated carbocycles. The molecule has 0 aromatic heterocycles. The predicted octanol–water partition coefficient (Wildman–Crippen LogP) is -2.83. The normalized spacial score (nSPS) is 52.2. The maximum Gasteiger partial charge on any atom is 0.184 e. The van der Waals surface area contributed by atoms with Crippen LogP contribution in [-0.4, -0.2) is 62.3 Å². The van der Waals surface area contributed by atoms with E-state index in [1.807, 2.05) is 0 Å². The Labute approximate surface area is 75.0 Å². The summed E-state index contributed by atoms with van der Waals surface area (Å²) in [4.78, 5) is 0. The molecular formula is C7H14O6. The maximum atomic E-state index is 9.38. The zero-order valence-electron chi connectivity index (χ0n) is 7.16. The molecule has 0 aliphatic carbocycles. The highest BCUT2D eigenvalue weighted by Crippen LogP contribution is 2.28. The maximum absolute atomic E-state index is 9.38. The zero-order valence-corrected chi connectivity index (χ0v) is 7.16. The lowest BCUT2D eigenvalue weighted by Crippen LogP contribution is -2.64. The third-order valence-corrected chi connectivity index (χ3v) is 2.30. The summed E-state index contributed by atoms with van der Waals surface area (Å²) >= 11 is 0. The van der Waals surface area contributed by atoms with Crippen molar-refractivity contribution < 1.29 is 30.3 Å². The first kappa shape index (κ1) is 10.8. The molecule has 1 heterocycles. The standard InChI is InChI=1S/C7H14O6/c1-7(2-8)5(11)3(9)4(10)6(12)13-7/h3-6,8-12H,2H2,1H3/t3-,4-,5+,6+,7-/m1/s1. The van der Waals surface area contributed by atoms with Crippen LogP contribution >= 0.6 is 0 Å². The molecule has 0 unspecified atom stereocenters. The Bertz CT molecular complexity index is 186. The van der Waals surface area contributed by atoms with E-state index in [1.165, 1.54) is 6.92 Å². The SMILES string of the molecule is C[C@]1(CO)O[C@H](O)[C@H](O)[C@@H](O)[C@@H]1O. The van der Waals surface area contributed by atoms with E-state index in [2.05, 4.69) is 0 Å². The number of ether oxygens (including phenoxy) is 1. The van der Waals surface area contributed by atoms with Gasteiger partial charge in [0.1, 0.15) is 23.9 Å². The molecule has 6 nitrogen and oxygen atoms in total. The molecule has 1 aliphatic rings. The van der Waals surface area contributed by atoms with Crippen molar-refractivity contribution in [2.24, 2.45) is 0 Å². The van der Waals surface area contributed by atoms with Gasteiger partial charge in [0, 0.05) is 0 Å². The van der Waals surface area contributed by atoms with Crippen LogP contribution in [0.1, 0.15) is 6.92 Å². The third-order valence-electron chi connectivity index (χ3n) is 2.30. The fraction of sp³-hybridized carbons (Fsp3) is 1.00. The minimum absolute atomic E-state index is 0.561. The minimum Gasteiger partial charge on any atom is -0.393 e. The molecule has 1 rings (SSSR count). The van der Waals surface area contributed by atoms with Crippen LogP contribution < -0.4 is 0 Å². The molecule has 5 atom stereocenters. The van der Waals surface area contributed by atoms with Crippen LogP contribution in [0.2, 0.25) is 0 Å². The van der Waals surface area contributed by atoms with Gasteiger partial charge in [0.05, 0.1) is 6.61 Å². The highest BCUT2D eigenvalue weighted by molar-refractivity contribution is 4.96. The topological polar surface area (TPSA) is 110 Å². The van der Waals surface area contributed by atoms with Crippen LogP contribution in [0.15, 0.2) is 0 Å². The molecule has 6 heteroatoms. The largest absolute Gasteiger partial charge is 0.393 e. The summed E-state index contributed by atoms with van der Waals surface area (Å²) in [6, 6.07) is 0. The average Bonchev–Trinajstić information content (AvgIpc) is 2.12. The number of hydrogen-bond acceptors (Lipinski definition) is 6. The van der Waals surface area contributed by atoms with Crippen LogP contribution in [-0.2, 0) is 4.74 Å². The molecule has 1 aliphatic heterocycles. The van der Waals surface area contributed by atoms with Crippen molar-refractivity contribution in [1.29, 1.82) is 0 Å². The van der Waals surface area contributed by atoms with Gasteiger partial charge in [0.2, 0.25) is 0 Å². The molecule has 1 saturated heterocycles. The molecule has 0 aromatic rings. The molecule has 0 amide bonds. The lowest BCUT2D eigenvalue weighted by Gasteiger charge is -2.44. The summed E-state index contributed by atoms with van der Waals surface area (Å²) in [7, 11) is 0. The molecule has 0 radical (unpaired) electrons. The van der Waals surface area contributed by atoms with Crippen molar-refractivity contribution in [2.75, 3.05) is 6.61 Å². The van der Waals surface area contributed by atoms with Crippen molar-refractivity contribution in [2.45, 2.75) is 37.1 Å². The highest BCUT2D eigenvalue weighted by atomic mass is 16.6. The second-order valence-electron chi connectivity index (χ2n) is 3.41. The van der Waals surface area contributed by atoms with Gasteiger partial charge in [0.25, 0.3) is 0 Å². The van der Waals surface area contributed by atoms with E-state index in [9.17, 15) is 10.2 Å². The van der Waals surface area contributed by atoms with Gasteiger partial charge in [0.15, 0.2) is 6.29 Å². The van der Waals surface area contributed by atoms with Crippen molar-refractivity contribution >= 4 is 0 Å². The quantitative estimate of drug-likeness (QED) is 0.308. The van der Waals surface area contributed by atoms with Gasteiger partial charge in [-0.2, -0.15) is 0 Å². The molecular weight excluding hydrogens is 180 g/mol. The van der Waals surface area contributed by atoms with Gasteiger partial charge in [-0.05, 0) is 6.92 Å². The Morgan fingerprint density at radius 2 is 1.69 bits per heavy atom. The van der Waals surface area contributed by atoms with Crippen LogP contribution in [0, 0.1) is 0 Å². The van der Waals surface area contributed by atoms with E-state index < -0.39 is 36.8 Å². The predicted molar refractivity (Wildman–Crippen MR) is 40.6 cm³/mol. The van der Waals surface area contributed by atoms with E-state index in [-0.39, 0.29) is 0 Å². The molecule has 0 spiro atoms. The van der Waals surface area contributed by atoms with Crippen LogP contribution in [0.25, 0.3) is 0 Å². The monoisotopic (exact) mass is 194 g/mol. The van der Waals surface area contributed by atoms with E-state index in [1.54, 1.807) is 0 Å². The summed E-state index contributed by atoms with van der Waals surface area (Å²) in [6.45, 7) is 0.769. The molecule has 5 N–H and O–H groups in total. The average molecular weight is 194 g/mol. The third kappa shape index (κ3) is 1.69. The molecule has 1 fully saturated rings. The van der Waals surface area contributed by atoms with E-state index in [0.717, 1.165) is 0 Å². The van der Waals surface area contributed by atoms with Gasteiger partial charge in [-0.1, -0.05) is 0 Å². The Morgan fingerprint density at radius 1 is 1.15 bits per heavy atom. The zero-order chi connectivity index (χ0) is 10.2. The van der Waals surface area contributed by atoms with Crippen molar-refractivity contribution in [3.63, 3.8) is 0 Å². The number of rotatable bonds is 1. The summed E-state index contributed by atoms with van der Waals surface area (Å²) < 4.78 is 4.76. The Hall–Kier alpha value is -0.240. The van der Waals surface area contributed by atoms with Crippen molar-refractivity contribution in [3.05, 3.63) is 0 Å². The van der Waals surface area contributed by atoms with Crippen LogP contribution in [0.5, 0.6) is 0 Å². The van der Waals surface area contributed by atoms with Crippen LogP contribution in [0.4, 0.5) is 0 Å². The first-order valence-electron chi connectivity index (χ1n) is 3.93. The fourth-order valence-corrected chi connectivity index (χ4v) is 1.26. The summed E-state index contributed by atoms with van der Waals surface area (Å²) in [5.41, 5.74) is -1.45. The van der Waals surface area contributed by atoms with E-state index in [0.29, 0.717) is 0 Å². The Balaban J connectivity index is 2.82. The van der Waals surface area contributed by atoms with Gasteiger partial charge in [-0.3, -0.25) is 0 Å². The van der Waals surface area contributed by atoms with Crippen molar-refractivity contribution in [3.8, 4) is 0 Å². The fourth-order valence-electron chi connectivity index (χ4n) is 1.26. The highest BCUT2D eigenvalue weighted by Gasteiger charge is 2.50. The first-order valence-corrected chi connectivity index (χ1v) is 3.93. The van der Waals surface area contributed by atoms with Gasteiger partial charge in [-0.15, -0.1) is 0 Å². The van der Waals surface area contributed by atoms with E-state index in [4.69, 9.17) is 20.1 Å². The second-order valence-corrected chi connectivity index (χ2v) is 3.41. The second kappa shape index (κ2) is 3.49.